The molecular weight excluding hydrogens is 252 g/mol. The predicted molar refractivity (Wildman–Crippen MR) is 87.8 cm³/mol. The lowest BCUT2D eigenvalue weighted by molar-refractivity contribution is 0.162. The molecule has 3 atom stereocenters. The summed E-state index contributed by atoms with van der Waals surface area (Å²) in [7, 11) is 2.19. The molecule has 0 fully saturated rings. The maximum absolute atomic E-state index is 6.23. The predicted octanol–water partition coefficient (Wildman–Crippen LogP) is 3.46. The molecule has 0 aliphatic rings. The van der Waals surface area contributed by atoms with Gasteiger partial charge in [-0.25, -0.2) is 0 Å². The summed E-state index contributed by atoms with van der Waals surface area (Å²) in [4.78, 5) is 2.42. The smallest absolute Gasteiger partial charge is 0.0496 e. The highest BCUT2D eigenvalue weighted by Crippen LogP contribution is 2.25. The minimum atomic E-state index is 0.129. The van der Waals surface area contributed by atoms with Crippen molar-refractivity contribution in [1.29, 1.82) is 0 Å². The molecule has 0 radical (unpaired) electrons. The molecule has 0 saturated carbocycles. The molecule has 0 aliphatic carbocycles. The third kappa shape index (κ3) is 4.83. The SMILES string of the molecule is CSCCC(C)N(C)C(c1ccc(C)cc1)C(C)N. The van der Waals surface area contributed by atoms with Crippen LogP contribution in [0.2, 0.25) is 0 Å². The fourth-order valence-corrected chi connectivity index (χ4v) is 3.02. The summed E-state index contributed by atoms with van der Waals surface area (Å²) in [6, 6.07) is 9.73. The molecule has 1 rings (SSSR count). The van der Waals surface area contributed by atoms with Crippen LogP contribution in [0.5, 0.6) is 0 Å². The highest BCUT2D eigenvalue weighted by Gasteiger charge is 2.24. The maximum Gasteiger partial charge on any atom is 0.0496 e. The van der Waals surface area contributed by atoms with Crippen molar-refractivity contribution in [3.63, 3.8) is 0 Å². The van der Waals surface area contributed by atoms with E-state index in [1.807, 2.05) is 11.8 Å². The average molecular weight is 280 g/mol. The minimum absolute atomic E-state index is 0.129. The number of benzene rings is 1. The second-order valence-corrected chi connectivity index (χ2v) is 6.50. The summed E-state index contributed by atoms with van der Waals surface area (Å²) in [5.74, 6) is 1.20. The lowest BCUT2D eigenvalue weighted by Gasteiger charge is -2.36. The third-order valence-electron chi connectivity index (χ3n) is 3.79. The number of likely N-dealkylation sites (N-methyl/N-ethyl adjacent to an activating group) is 1. The Labute approximate surface area is 122 Å². The van der Waals surface area contributed by atoms with Gasteiger partial charge in [-0.15, -0.1) is 0 Å². The first-order valence-electron chi connectivity index (χ1n) is 7.00. The maximum atomic E-state index is 6.23. The highest BCUT2D eigenvalue weighted by molar-refractivity contribution is 7.98. The molecule has 0 spiro atoms. The van der Waals surface area contributed by atoms with E-state index < -0.39 is 0 Å². The van der Waals surface area contributed by atoms with Crippen molar-refractivity contribution in [2.75, 3.05) is 19.1 Å². The van der Waals surface area contributed by atoms with E-state index in [1.54, 1.807) is 0 Å². The Hall–Kier alpha value is -0.510. The number of nitrogens with two attached hydrogens (primary N) is 1. The zero-order chi connectivity index (χ0) is 14.4. The quantitative estimate of drug-likeness (QED) is 0.829. The lowest BCUT2D eigenvalue weighted by atomic mass is 9.97. The van der Waals surface area contributed by atoms with Crippen LogP contribution in [0.3, 0.4) is 0 Å². The van der Waals surface area contributed by atoms with E-state index in [0.29, 0.717) is 6.04 Å². The molecule has 0 bridgehead atoms. The van der Waals surface area contributed by atoms with Crippen LogP contribution in [0.15, 0.2) is 24.3 Å². The number of thioether (sulfide) groups is 1. The summed E-state index contributed by atoms with van der Waals surface area (Å²) in [6.45, 7) is 6.51. The number of hydrogen-bond donors (Lipinski definition) is 1. The Kier molecular flexibility index (Phi) is 6.90. The van der Waals surface area contributed by atoms with Crippen LogP contribution in [0, 0.1) is 6.92 Å². The summed E-state index contributed by atoms with van der Waals surface area (Å²) in [5.41, 5.74) is 8.84. The number of nitrogens with zero attached hydrogens (tertiary/aromatic N) is 1. The van der Waals surface area contributed by atoms with E-state index in [2.05, 4.69) is 63.2 Å². The summed E-state index contributed by atoms with van der Waals surface area (Å²) in [5, 5.41) is 0. The standard InChI is InChI=1S/C16H28N2S/c1-12-6-8-15(9-7-12)16(14(3)17)18(4)13(2)10-11-19-5/h6-9,13-14,16H,10-11,17H2,1-5H3. The van der Waals surface area contributed by atoms with E-state index in [9.17, 15) is 0 Å². The van der Waals surface area contributed by atoms with Crippen LogP contribution >= 0.6 is 11.8 Å². The van der Waals surface area contributed by atoms with Gasteiger partial charge in [0, 0.05) is 18.1 Å². The van der Waals surface area contributed by atoms with Crippen molar-refractivity contribution in [2.45, 2.75) is 45.3 Å². The van der Waals surface area contributed by atoms with Gasteiger partial charge in [-0.2, -0.15) is 11.8 Å². The van der Waals surface area contributed by atoms with Gasteiger partial charge in [0.2, 0.25) is 0 Å². The van der Waals surface area contributed by atoms with Gasteiger partial charge in [-0.1, -0.05) is 29.8 Å². The molecule has 108 valence electrons. The first-order chi connectivity index (χ1) is 8.97. The largest absolute Gasteiger partial charge is 0.326 e. The van der Waals surface area contributed by atoms with E-state index in [1.165, 1.54) is 23.3 Å². The van der Waals surface area contributed by atoms with Crippen molar-refractivity contribution in [1.82, 2.24) is 4.90 Å². The lowest BCUT2D eigenvalue weighted by Crippen LogP contribution is -2.42. The van der Waals surface area contributed by atoms with Crippen LogP contribution in [-0.2, 0) is 0 Å². The van der Waals surface area contributed by atoms with E-state index in [-0.39, 0.29) is 12.1 Å². The monoisotopic (exact) mass is 280 g/mol. The molecule has 19 heavy (non-hydrogen) atoms. The second kappa shape index (κ2) is 7.93. The molecular formula is C16H28N2S. The summed E-state index contributed by atoms with van der Waals surface area (Å²) >= 11 is 1.91. The van der Waals surface area contributed by atoms with Crippen molar-refractivity contribution >= 4 is 11.8 Å². The Morgan fingerprint density at radius 2 is 1.79 bits per heavy atom. The number of aryl methyl sites for hydroxylation is 1. The zero-order valence-corrected chi connectivity index (χ0v) is 13.7. The minimum Gasteiger partial charge on any atom is -0.326 e. The van der Waals surface area contributed by atoms with Crippen LogP contribution in [0.4, 0.5) is 0 Å². The molecule has 0 aliphatic heterocycles. The van der Waals surface area contributed by atoms with E-state index in [4.69, 9.17) is 5.73 Å². The van der Waals surface area contributed by atoms with Crippen LogP contribution in [0.25, 0.3) is 0 Å². The topological polar surface area (TPSA) is 29.3 Å². The van der Waals surface area contributed by atoms with Gasteiger partial charge < -0.3 is 5.73 Å². The summed E-state index contributed by atoms with van der Waals surface area (Å²) in [6.07, 6.45) is 3.36. The molecule has 0 aromatic heterocycles. The van der Waals surface area contributed by atoms with Gasteiger partial charge in [-0.3, -0.25) is 4.90 Å². The van der Waals surface area contributed by atoms with Gasteiger partial charge in [-0.05, 0) is 51.8 Å². The van der Waals surface area contributed by atoms with Crippen molar-refractivity contribution in [3.8, 4) is 0 Å². The summed E-state index contributed by atoms with van der Waals surface area (Å²) < 4.78 is 0. The van der Waals surface area contributed by atoms with Crippen LogP contribution < -0.4 is 5.73 Å². The van der Waals surface area contributed by atoms with Gasteiger partial charge in [0.15, 0.2) is 0 Å². The molecule has 1 aromatic carbocycles. The van der Waals surface area contributed by atoms with Crippen LogP contribution in [0.1, 0.15) is 37.4 Å². The number of rotatable bonds is 7. The zero-order valence-electron chi connectivity index (χ0n) is 12.9. The van der Waals surface area contributed by atoms with Gasteiger partial charge >= 0.3 is 0 Å². The van der Waals surface area contributed by atoms with Crippen molar-refractivity contribution in [3.05, 3.63) is 35.4 Å². The fourth-order valence-electron chi connectivity index (χ4n) is 2.44. The first kappa shape index (κ1) is 16.5. The Morgan fingerprint density at radius 3 is 2.26 bits per heavy atom. The second-order valence-electron chi connectivity index (χ2n) is 5.51. The molecule has 2 N–H and O–H groups in total. The molecule has 2 nitrogen and oxygen atoms in total. The molecule has 0 saturated heterocycles. The fraction of sp³-hybridized carbons (Fsp3) is 0.625. The van der Waals surface area contributed by atoms with Gasteiger partial charge in [0.1, 0.15) is 0 Å². The Balaban J connectivity index is 2.84. The normalized spacial score (nSPS) is 16.4. The first-order valence-corrected chi connectivity index (χ1v) is 8.39. The van der Waals surface area contributed by atoms with Gasteiger partial charge in [0.05, 0.1) is 0 Å². The number of hydrogen-bond acceptors (Lipinski definition) is 3. The highest BCUT2D eigenvalue weighted by atomic mass is 32.2. The van der Waals surface area contributed by atoms with Crippen molar-refractivity contribution < 1.29 is 0 Å². The molecule has 0 heterocycles. The van der Waals surface area contributed by atoms with Crippen LogP contribution in [-0.4, -0.2) is 36.0 Å². The van der Waals surface area contributed by atoms with E-state index >= 15 is 0 Å². The van der Waals surface area contributed by atoms with Gasteiger partial charge in [0.25, 0.3) is 0 Å². The molecule has 3 heteroatoms. The molecule has 0 amide bonds. The molecule has 3 unspecified atom stereocenters. The average Bonchev–Trinajstić information content (AvgIpc) is 2.38. The van der Waals surface area contributed by atoms with E-state index in [0.717, 1.165) is 0 Å². The molecule has 1 aromatic rings. The Bertz CT molecular complexity index is 362. The van der Waals surface area contributed by atoms with Crippen molar-refractivity contribution in [2.24, 2.45) is 5.73 Å². The third-order valence-corrected chi connectivity index (χ3v) is 4.43. The Morgan fingerprint density at radius 1 is 1.21 bits per heavy atom.